The van der Waals surface area contributed by atoms with Gasteiger partial charge in [0, 0.05) is 44.0 Å². The number of hydrogen-bond donors (Lipinski definition) is 1. The second kappa shape index (κ2) is 4.82. The fourth-order valence-electron chi connectivity index (χ4n) is 4.55. The van der Waals surface area contributed by atoms with E-state index in [2.05, 4.69) is 34.5 Å². The Morgan fingerprint density at radius 1 is 1.33 bits per heavy atom. The van der Waals surface area contributed by atoms with Crippen LogP contribution in [0.2, 0.25) is 0 Å². The molecule has 0 aromatic carbocycles. The first-order chi connectivity index (χ1) is 10.1. The van der Waals surface area contributed by atoms with E-state index < -0.39 is 0 Å². The van der Waals surface area contributed by atoms with E-state index in [-0.39, 0.29) is 0 Å². The molecule has 2 heterocycles. The van der Waals surface area contributed by atoms with Gasteiger partial charge in [-0.1, -0.05) is 12.8 Å². The summed E-state index contributed by atoms with van der Waals surface area (Å²) >= 11 is 0. The molecular formula is C17H28N4. The summed E-state index contributed by atoms with van der Waals surface area (Å²) in [6.45, 7) is 5.85. The van der Waals surface area contributed by atoms with Crippen LogP contribution >= 0.6 is 0 Å². The molecule has 4 heteroatoms. The van der Waals surface area contributed by atoms with Gasteiger partial charge in [-0.05, 0) is 44.6 Å². The lowest BCUT2D eigenvalue weighted by molar-refractivity contribution is -0.00473. The third-order valence-corrected chi connectivity index (χ3v) is 6.18. The van der Waals surface area contributed by atoms with Crippen molar-refractivity contribution in [3.63, 3.8) is 0 Å². The van der Waals surface area contributed by atoms with Crippen molar-refractivity contribution in [1.82, 2.24) is 20.0 Å². The molecule has 2 saturated carbocycles. The van der Waals surface area contributed by atoms with Gasteiger partial charge in [-0.25, -0.2) is 0 Å². The van der Waals surface area contributed by atoms with Gasteiger partial charge < -0.3 is 5.32 Å². The molecule has 1 aromatic heterocycles. The highest BCUT2D eigenvalue weighted by Crippen LogP contribution is 2.47. The number of piperazine rings is 1. The van der Waals surface area contributed by atoms with Crippen LogP contribution in [0.25, 0.3) is 0 Å². The summed E-state index contributed by atoms with van der Waals surface area (Å²) in [5.74, 6) is 0.882. The van der Waals surface area contributed by atoms with Crippen molar-refractivity contribution >= 4 is 0 Å². The van der Waals surface area contributed by atoms with Crippen LogP contribution in [0.1, 0.15) is 51.1 Å². The van der Waals surface area contributed by atoms with Gasteiger partial charge in [0.05, 0.1) is 5.69 Å². The molecule has 1 unspecified atom stereocenters. The summed E-state index contributed by atoms with van der Waals surface area (Å²) in [5, 5.41) is 8.58. The molecule has 0 radical (unpaired) electrons. The maximum absolute atomic E-state index is 4.62. The Morgan fingerprint density at radius 3 is 2.71 bits per heavy atom. The monoisotopic (exact) mass is 288 g/mol. The summed E-state index contributed by atoms with van der Waals surface area (Å²) in [5.41, 5.74) is 1.94. The molecular weight excluding hydrogens is 260 g/mol. The van der Waals surface area contributed by atoms with Crippen LogP contribution in [0.15, 0.2) is 12.3 Å². The predicted molar refractivity (Wildman–Crippen MR) is 83.9 cm³/mol. The molecule has 1 saturated heterocycles. The molecule has 1 aliphatic heterocycles. The molecule has 1 spiro atoms. The van der Waals surface area contributed by atoms with Gasteiger partial charge in [0.25, 0.3) is 0 Å². The van der Waals surface area contributed by atoms with Crippen molar-refractivity contribution in [3.05, 3.63) is 18.0 Å². The Kier molecular flexibility index (Phi) is 3.16. The number of hydrogen-bond acceptors (Lipinski definition) is 3. The third-order valence-electron chi connectivity index (χ3n) is 6.18. The fraction of sp³-hybridized carbons (Fsp3) is 0.824. The van der Waals surface area contributed by atoms with Crippen LogP contribution in [0.4, 0.5) is 0 Å². The van der Waals surface area contributed by atoms with E-state index >= 15 is 0 Å². The Hall–Kier alpha value is -0.870. The minimum atomic E-state index is 0.325. The van der Waals surface area contributed by atoms with Crippen molar-refractivity contribution in [2.45, 2.75) is 63.1 Å². The van der Waals surface area contributed by atoms with Gasteiger partial charge in [0.2, 0.25) is 0 Å². The van der Waals surface area contributed by atoms with Gasteiger partial charge in [-0.3, -0.25) is 9.58 Å². The van der Waals surface area contributed by atoms with E-state index in [0.717, 1.165) is 19.0 Å². The lowest BCUT2D eigenvalue weighted by Crippen LogP contribution is -2.68. The van der Waals surface area contributed by atoms with Crippen LogP contribution in [-0.2, 0) is 13.6 Å². The van der Waals surface area contributed by atoms with Gasteiger partial charge in [-0.2, -0.15) is 5.10 Å². The van der Waals surface area contributed by atoms with E-state index in [4.69, 9.17) is 0 Å². The van der Waals surface area contributed by atoms with Gasteiger partial charge in [0.15, 0.2) is 0 Å². The number of aryl methyl sites for hydroxylation is 1. The van der Waals surface area contributed by atoms with E-state index in [1.165, 1.54) is 50.8 Å². The maximum atomic E-state index is 4.62. The van der Waals surface area contributed by atoms with Crippen LogP contribution in [0, 0.1) is 5.92 Å². The molecule has 1 N–H and O–H groups in total. The highest BCUT2D eigenvalue weighted by atomic mass is 15.3. The number of nitrogens with zero attached hydrogens (tertiary/aromatic N) is 3. The van der Waals surface area contributed by atoms with Crippen molar-refractivity contribution in [2.24, 2.45) is 13.0 Å². The zero-order valence-electron chi connectivity index (χ0n) is 13.4. The molecule has 116 valence electrons. The van der Waals surface area contributed by atoms with Crippen LogP contribution in [0.3, 0.4) is 0 Å². The van der Waals surface area contributed by atoms with Crippen LogP contribution in [0.5, 0.6) is 0 Å². The predicted octanol–water partition coefficient (Wildman–Crippen LogP) is 2.31. The first-order valence-corrected chi connectivity index (χ1v) is 8.58. The average Bonchev–Trinajstić information content (AvgIpc) is 3.11. The lowest BCUT2D eigenvalue weighted by Gasteiger charge is -2.53. The van der Waals surface area contributed by atoms with Crippen molar-refractivity contribution in [2.75, 3.05) is 13.1 Å². The molecule has 0 bridgehead atoms. The van der Waals surface area contributed by atoms with Crippen molar-refractivity contribution < 1.29 is 0 Å². The van der Waals surface area contributed by atoms with E-state index in [1.54, 1.807) is 0 Å². The molecule has 1 aromatic rings. The normalized spacial score (nSPS) is 32.9. The molecule has 2 aliphatic carbocycles. The molecule has 3 fully saturated rings. The van der Waals surface area contributed by atoms with E-state index in [9.17, 15) is 0 Å². The largest absolute Gasteiger partial charge is 0.308 e. The second-order valence-electron chi connectivity index (χ2n) is 7.81. The zero-order valence-corrected chi connectivity index (χ0v) is 13.4. The molecule has 21 heavy (non-hydrogen) atoms. The van der Waals surface area contributed by atoms with E-state index in [1.807, 2.05) is 11.7 Å². The number of aromatic nitrogens is 2. The quantitative estimate of drug-likeness (QED) is 0.926. The minimum Gasteiger partial charge on any atom is -0.308 e. The second-order valence-corrected chi connectivity index (χ2v) is 7.81. The summed E-state index contributed by atoms with van der Waals surface area (Å²) in [6.07, 6.45) is 10.4. The van der Waals surface area contributed by atoms with Gasteiger partial charge >= 0.3 is 0 Å². The topological polar surface area (TPSA) is 33.1 Å². The smallest absolute Gasteiger partial charge is 0.0764 e. The Balaban J connectivity index is 1.57. The summed E-state index contributed by atoms with van der Waals surface area (Å²) in [7, 11) is 2.01. The van der Waals surface area contributed by atoms with Crippen LogP contribution in [-0.4, -0.2) is 38.8 Å². The first-order valence-electron chi connectivity index (χ1n) is 8.58. The molecule has 3 aliphatic rings. The lowest BCUT2D eigenvalue weighted by atomic mass is 9.83. The standard InChI is InChI=1S/C17H28N4/c1-16(14-5-6-14)12-18-17(8-3-4-9-17)13-21(16)11-15-7-10-20(2)19-15/h7,10,14,18H,3-6,8-9,11-13H2,1-2H3. The highest BCUT2D eigenvalue weighted by molar-refractivity contribution is 5.12. The zero-order chi connectivity index (χ0) is 14.5. The summed E-state index contributed by atoms with van der Waals surface area (Å²) < 4.78 is 1.93. The van der Waals surface area contributed by atoms with Gasteiger partial charge in [-0.15, -0.1) is 0 Å². The van der Waals surface area contributed by atoms with Gasteiger partial charge in [0.1, 0.15) is 0 Å². The molecule has 0 amide bonds. The summed E-state index contributed by atoms with van der Waals surface area (Å²) in [6, 6.07) is 2.18. The SMILES string of the molecule is Cn1ccc(CN2CC3(CCCC3)NCC2(C)C2CC2)n1. The van der Waals surface area contributed by atoms with E-state index in [0.29, 0.717) is 11.1 Å². The van der Waals surface area contributed by atoms with Crippen LogP contribution < -0.4 is 5.32 Å². The average molecular weight is 288 g/mol. The molecule has 1 atom stereocenters. The Labute approximate surface area is 127 Å². The number of rotatable bonds is 3. The Morgan fingerprint density at radius 2 is 2.10 bits per heavy atom. The minimum absolute atomic E-state index is 0.325. The van der Waals surface area contributed by atoms with Crippen molar-refractivity contribution in [3.8, 4) is 0 Å². The Bertz CT molecular complexity index is 513. The maximum Gasteiger partial charge on any atom is 0.0764 e. The third kappa shape index (κ3) is 2.42. The number of nitrogens with one attached hydrogen (secondary N) is 1. The molecule has 4 rings (SSSR count). The highest BCUT2D eigenvalue weighted by Gasteiger charge is 2.52. The summed E-state index contributed by atoms with van der Waals surface area (Å²) in [4.78, 5) is 2.76. The first kappa shape index (κ1) is 13.8. The molecule has 4 nitrogen and oxygen atoms in total. The van der Waals surface area contributed by atoms with Crippen molar-refractivity contribution in [1.29, 1.82) is 0 Å². The fourth-order valence-corrected chi connectivity index (χ4v) is 4.55.